The van der Waals surface area contributed by atoms with Crippen molar-refractivity contribution in [3.05, 3.63) is 21.2 Å². The zero-order chi connectivity index (χ0) is 12.3. The van der Waals surface area contributed by atoms with E-state index in [1.807, 2.05) is 0 Å². The van der Waals surface area contributed by atoms with Crippen molar-refractivity contribution in [1.29, 1.82) is 0 Å². The number of nitrogens with one attached hydrogen (secondary N) is 1. The number of aromatic nitrogens is 2. The van der Waals surface area contributed by atoms with Gasteiger partial charge in [-0.05, 0) is 15.9 Å². The molecule has 0 aliphatic rings. The predicted octanol–water partition coefficient (Wildman–Crippen LogP) is 0.0568. The Morgan fingerprint density at radius 3 is 2.69 bits per heavy atom. The minimum absolute atomic E-state index is 0.0588. The molecule has 0 fully saturated rings. The Kier molecular flexibility index (Phi) is 4.05. The van der Waals surface area contributed by atoms with Crippen LogP contribution in [0, 0.1) is 0 Å². The molecule has 0 saturated heterocycles. The number of halogens is 1. The minimum atomic E-state index is -0.269. The topological polar surface area (TPSA) is 69.3 Å². The van der Waals surface area contributed by atoms with Gasteiger partial charge in [0.1, 0.15) is 4.47 Å². The van der Waals surface area contributed by atoms with E-state index in [4.69, 9.17) is 0 Å². The van der Waals surface area contributed by atoms with Gasteiger partial charge in [0, 0.05) is 21.1 Å². The average molecular weight is 289 g/mol. The fraction of sp³-hybridized carbons (Fsp3) is 0.444. The van der Waals surface area contributed by atoms with Crippen LogP contribution in [0.3, 0.4) is 0 Å². The molecule has 1 aromatic rings. The van der Waals surface area contributed by atoms with E-state index >= 15 is 0 Å². The number of carbonyl (C=O) groups excluding carboxylic acids is 1. The molecule has 0 bridgehead atoms. The molecule has 0 saturated carbocycles. The highest BCUT2D eigenvalue weighted by Gasteiger charge is 2.14. The summed E-state index contributed by atoms with van der Waals surface area (Å²) in [5.41, 5.74) is -0.269. The summed E-state index contributed by atoms with van der Waals surface area (Å²) in [5, 5.41) is 0. The zero-order valence-electron chi connectivity index (χ0n) is 9.32. The van der Waals surface area contributed by atoms with Crippen molar-refractivity contribution >= 4 is 27.7 Å². The molecule has 1 heterocycles. The first kappa shape index (κ1) is 12.7. The Morgan fingerprint density at radius 2 is 2.12 bits per heavy atom. The van der Waals surface area contributed by atoms with E-state index < -0.39 is 0 Å². The van der Waals surface area contributed by atoms with Gasteiger partial charge in [0.05, 0.1) is 12.9 Å². The van der Waals surface area contributed by atoms with Gasteiger partial charge in [0.2, 0.25) is 5.91 Å². The molecule has 0 aliphatic carbocycles. The normalized spacial score (nSPS) is 10.0. The second kappa shape index (κ2) is 5.11. The molecular weight excluding hydrogens is 276 g/mol. The van der Waals surface area contributed by atoms with E-state index in [1.54, 1.807) is 26.0 Å². The number of hydrogen-bond donors (Lipinski definition) is 1. The Hall–Kier alpha value is -1.37. The molecule has 0 spiro atoms. The Balaban J connectivity index is 2.89. The summed E-state index contributed by atoms with van der Waals surface area (Å²) >= 11 is 3.13. The third kappa shape index (κ3) is 2.82. The van der Waals surface area contributed by atoms with Crippen molar-refractivity contribution < 1.29 is 4.79 Å². The van der Waals surface area contributed by atoms with Gasteiger partial charge in [-0.2, -0.15) is 0 Å². The van der Waals surface area contributed by atoms with Crippen LogP contribution >= 0.6 is 15.9 Å². The summed E-state index contributed by atoms with van der Waals surface area (Å²) in [7, 11) is 5.06. The molecule has 16 heavy (non-hydrogen) atoms. The first-order chi connectivity index (χ1) is 7.43. The molecule has 0 aliphatic heterocycles. The summed E-state index contributed by atoms with van der Waals surface area (Å²) < 4.78 is 0.323. The molecule has 7 heteroatoms. The number of nitrogens with zero attached hydrogens (tertiary/aromatic N) is 3. The molecule has 1 N–H and O–H groups in total. The largest absolute Gasteiger partial charge is 0.349 e. The number of carbonyl (C=O) groups is 1. The van der Waals surface area contributed by atoms with Gasteiger partial charge in [-0.15, -0.1) is 0 Å². The third-order valence-corrected chi connectivity index (χ3v) is 2.73. The monoisotopic (exact) mass is 288 g/mol. The van der Waals surface area contributed by atoms with E-state index in [9.17, 15) is 9.59 Å². The van der Waals surface area contributed by atoms with E-state index in [2.05, 4.69) is 25.9 Å². The minimum Gasteiger partial charge on any atom is -0.349 e. The molecule has 88 valence electrons. The summed E-state index contributed by atoms with van der Waals surface area (Å²) in [6, 6.07) is 0. The van der Waals surface area contributed by atoms with Crippen molar-refractivity contribution in [2.75, 3.05) is 32.6 Å². The van der Waals surface area contributed by atoms with Crippen LogP contribution < -0.4 is 10.5 Å². The third-order valence-electron chi connectivity index (χ3n) is 2.01. The number of amides is 1. The maximum atomic E-state index is 11.5. The SMILES string of the molecule is CN(C)C(=O)CN(C)c1nc[nH]c(=O)c1Br. The number of H-pyrrole nitrogens is 1. The molecule has 0 radical (unpaired) electrons. The van der Waals surface area contributed by atoms with Crippen LogP contribution in [0.25, 0.3) is 0 Å². The highest BCUT2D eigenvalue weighted by Crippen LogP contribution is 2.16. The molecule has 1 aromatic heterocycles. The Morgan fingerprint density at radius 1 is 1.50 bits per heavy atom. The number of anilines is 1. The van der Waals surface area contributed by atoms with E-state index in [0.29, 0.717) is 10.3 Å². The van der Waals surface area contributed by atoms with Crippen molar-refractivity contribution in [3.8, 4) is 0 Å². The van der Waals surface area contributed by atoms with Crippen molar-refractivity contribution in [2.24, 2.45) is 0 Å². The predicted molar refractivity (Wildman–Crippen MR) is 64.5 cm³/mol. The quantitative estimate of drug-likeness (QED) is 0.854. The van der Waals surface area contributed by atoms with Crippen LogP contribution in [-0.2, 0) is 4.79 Å². The fourth-order valence-corrected chi connectivity index (χ4v) is 1.58. The fourth-order valence-electron chi connectivity index (χ4n) is 1.06. The van der Waals surface area contributed by atoms with Crippen molar-refractivity contribution in [1.82, 2.24) is 14.9 Å². The summed E-state index contributed by atoms with van der Waals surface area (Å²) in [4.78, 5) is 32.3. The lowest BCUT2D eigenvalue weighted by molar-refractivity contribution is -0.127. The molecule has 0 unspecified atom stereocenters. The van der Waals surface area contributed by atoms with Crippen LogP contribution in [0.4, 0.5) is 5.82 Å². The maximum Gasteiger partial charge on any atom is 0.267 e. The number of aromatic amines is 1. The molecular formula is C9H13BrN4O2. The van der Waals surface area contributed by atoms with Gasteiger partial charge in [0.15, 0.2) is 5.82 Å². The zero-order valence-corrected chi connectivity index (χ0v) is 10.9. The molecule has 0 atom stereocenters. The van der Waals surface area contributed by atoms with Crippen LogP contribution in [0.5, 0.6) is 0 Å². The van der Waals surface area contributed by atoms with E-state index in [1.165, 1.54) is 11.2 Å². The summed E-state index contributed by atoms with van der Waals surface area (Å²) in [6.07, 6.45) is 1.30. The van der Waals surface area contributed by atoms with Crippen molar-refractivity contribution in [2.45, 2.75) is 0 Å². The Bertz CT molecular complexity index is 443. The lowest BCUT2D eigenvalue weighted by Gasteiger charge is -2.20. The number of likely N-dealkylation sites (N-methyl/N-ethyl adjacent to an activating group) is 2. The van der Waals surface area contributed by atoms with Crippen molar-refractivity contribution in [3.63, 3.8) is 0 Å². The first-order valence-electron chi connectivity index (χ1n) is 4.58. The average Bonchev–Trinajstić information content (AvgIpc) is 2.21. The molecule has 0 aromatic carbocycles. The lowest BCUT2D eigenvalue weighted by Crippen LogP contribution is -2.35. The van der Waals surface area contributed by atoms with Gasteiger partial charge < -0.3 is 14.8 Å². The van der Waals surface area contributed by atoms with Crippen LogP contribution in [0.15, 0.2) is 15.6 Å². The van der Waals surface area contributed by atoms with Gasteiger partial charge in [-0.1, -0.05) is 0 Å². The standard InChI is InChI=1S/C9H13BrN4O2/c1-13(2)6(15)4-14(3)8-7(10)9(16)12-5-11-8/h5H,4H2,1-3H3,(H,11,12,16). The highest BCUT2D eigenvalue weighted by atomic mass is 79.9. The highest BCUT2D eigenvalue weighted by molar-refractivity contribution is 9.10. The van der Waals surface area contributed by atoms with Gasteiger partial charge in [-0.25, -0.2) is 4.98 Å². The Labute approximate surface area is 101 Å². The summed E-state index contributed by atoms with van der Waals surface area (Å²) in [5.74, 6) is 0.385. The second-order valence-electron chi connectivity index (χ2n) is 3.51. The maximum absolute atomic E-state index is 11.5. The van der Waals surface area contributed by atoms with Gasteiger partial charge in [-0.3, -0.25) is 9.59 Å². The van der Waals surface area contributed by atoms with Gasteiger partial charge >= 0.3 is 0 Å². The second-order valence-corrected chi connectivity index (χ2v) is 4.31. The van der Waals surface area contributed by atoms with Crippen LogP contribution in [-0.4, -0.2) is 48.5 Å². The first-order valence-corrected chi connectivity index (χ1v) is 5.37. The van der Waals surface area contributed by atoms with Crippen LogP contribution in [0.1, 0.15) is 0 Å². The molecule has 1 rings (SSSR count). The number of rotatable bonds is 3. The number of hydrogen-bond acceptors (Lipinski definition) is 4. The van der Waals surface area contributed by atoms with E-state index in [0.717, 1.165) is 0 Å². The molecule has 1 amide bonds. The summed E-state index contributed by atoms with van der Waals surface area (Å²) in [6.45, 7) is 0.169. The lowest BCUT2D eigenvalue weighted by atomic mass is 10.4. The van der Waals surface area contributed by atoms with E-state index in [-0.39, 0.29) is 18.0 Å². The molecule has 6 nitrogen and oxygen atoms in total. The smallest absolute Gasteiger partial charge is 0.267 e. The van der Waals surface area contributed by atoms with Crippen LogP contribution in [0.2, 0.25) is 0 Å². The van der Waals surface area contributed by atoms with Gasteiger partial charge in [0.25, 0.3) is 5.56 Å².